The Morgan fingerprint density at radius 3 is 1.80 bits per heavy atom. The van der Waals surface area contributed by atoms with Gasteiger partial charge in [0, 0.05) is 44.5 Å². The van der Waals surface area contributed by atoms with E-state index >= 15 is 0 Å². The van der Waals surface area contributed by atoms with Crippen LogP contribution in [0, 0.1) is 0 Å². The number of carboxylic acids is 3. The van der Waals surface area contributed by atoms with Crippen molar-refractivity contribution in [3.63, 3.8) is 0 Å². The van der Waals surface area contributed by atoms with Gasteiger partial charge in [-0.3, -0.25) is 9.88 Å². The third kappa shape index (κ3) is 13.5. The topological polar surface area (TPSA) is 166 Å². The summed E-state index contributed by atoms with van der Waals surface area (Å²) in [6.45, 7) is 2.62. The number of carboxylic acid groups (broad SMARTS) is 3. The normalized spacial score (nSPS) is 19.4. The largest absolute Gasteiger partial charge is 0.490 e. The van der Waals surface area contributed by atoms with E-state index in [4.69, 9.17) is 34.4 Å². The average molecular weight is 667 g/mol. The highest BCUT2D eigenvalue weighted by Gasteiger charge is 2.46. The molecule has 0 saturated carbocycles. The molecule has 2 aliphatic heterocycles. The number of fused-ring (bicyclic) bond motifs is 1. The highest BCUT2D eigenvalue weighted by molar-refractivity contribution is 5.73. The van der Waals surface area contributed by atoms with Gasteiger partial charge in [-0.25, -0.2) is 24.4 Å². The summed E-state index contributed by atoms with van der Waals surface area (Å²) in [6.07, 6.45) is -5.42. The van der Waals surface area contributed by atoms with Crippen LogP contribution in [0.2, 0.25) is 0 Å². The zero-order valence-corrected chi connectivity index (χ0v) is 22.9. The first-order valence-electron chi connectivity index (χ1n) is 12.3. The molecule has 2 aromatic rings. The Balaban J connectivity index is 0.000000396. The van der Waals surface area contributed by atoms with E-state index < -0.39 is 36.4 Å². The fourth-order valence-electron chi connectivity index (χ4n) is 3.89. The van der Waals surface area contributed by atoms with Crippen molar-refractivity contribution in [2.75, 3.05) is 25.1 Å². The Kier molecular flexibility index (Phi) is 14.4. The van der Waals surface area contributed by atoms with Crippen LogP contribution in [-0.2, 0) is 25.7 Å². The molecule has 4 rings (SSSR count). The molecule has 21 heteroatoms. The number of rotatable bonds is 4. The summed E-state index contributed by atoms with van der Waals surface area (Å²) in [5.74, 6) is -7.46. The number of halogens is 9. The molecule has 252 valence electrons. The Morgan fingerprint density at radius 1 is 0.889 bits per heavy atom. The molecule has 0 bridgehead atoms. The average Bonchev–Trinajstić information content (AvgIpc) is 3.34. The van der Waals surface area contributed by atoms with E-state index in [1.54, 1.807) is 0 Å². The number of alkyl halides is 9. The Labute approximate surface area is 248 Å². The van der Waals surface area contributed by atoms with Gasteiger partial charge in [-0.15, -0.1) is 0 Å². The molecule has 0 aliphatic carbocycles. The maximum atomic E-state index is 10.6. The van der Waals surface area contributed by atoms with Gasteiger partial charge >= 0.3 is 36.4 Å². The molecule has 0 amide bonds. The highest BCUT2D eigenvalue weighted by Crippen LogP contribution is 2.33. The Morgan fingerprint density at radius 2 is 1.38 bits per heavy atom. The van der Waals surface area contributed by atoms with Crippen LogP contribution in [0.4, 0.5) is 45.5 Å². The van der Waals surface area contributed by atoms with E-state index in [0.29, 0.717) is 12.1 Å². The molecule has 0 spiro atoms. The molecule has 2 saturated heterocycles. The van der Waals surface area contributed by atoms with Crippen molar-refractivity contribution in [2.24, 2.45) is 0 Å². The van der Waals surface area contributed by atoms with Crippen LogP contribution in [0.3, 0.4) is 0 Å². The third-order valence-electron chi connectivity index (χ3n) is 5.75. The maximum absolute atomic E-state index is 10.6. The second-order valence-electron chi connectivity index (χ2n) is 9.00. The molecule has 0 radical (unpaired) electrons. The molecule has 3 N–H and O–H groups in total. The number of carbonyl (C=O) groups is 3. The molecule has 2 aromatic heterocycles. The van der Waals surface area contributed by atoms with Gasteiger partial charge in [-0.2, -0.15) is 39.5 Å². The monoisotopic (exact) mass is 667 g/mol. The number of aromatic nitrogens is 3. The van der Waals surface area contributed by atoms with Crippen LogP contribution < -0.4 is 4.90 Å². The van der Waals surface area contributed by atoms with Gasteiger partial charge in [0.05, 0.1) is 18.2 Å². The van der Waals surface area contributed by atoms with Crippen molar-refractivity contribution in [1.29, 1.82) is 0 Å². The van der Waals surface area contributed by atoms with E-state index in [9.17, 15) is 39.5 Å². The number of aliphatic carboxylic acids is 3. The van der Waals surface area contributed by atoms with Crippen molar-refractivity contribution >= 4 is 23.9 Å². The van der Waals surface area contributed by atoms with Crippen molar-refractivity contribution < 1.29 is 74.0 Å². The molecule has 2 aliphatic rings. The summed E-state index contributed by atoms with van der Waals surface area (Å²) < 4.78 is 101. The molecule has 4 heterocycles. The number of hydrogen-bond donors (Lipinski definition) is 3. The minimum atomic E-state index is -5.08. The van der Waals surface area contributed by atoms with E-state index in [2.05, 4.69) is 37.9 Å². The van der Waals surface area contributed by atoms with Gasteiger partial charge in [0.1, 0.15) is 0 Å². The standard InChI is InChI=1S/C18H23N5O.3C2HF3O2/c1-22(12-14-5-2-7-19-11-14)16-13-23(18-20-8-4-9-21-18)15-6-3-10-24-17(15)16;3*3-2(4,5)1(6)7/h2,4-5,7-9,11,15-17H,3,6,10,12-13H2,1H3;3*(H,6,7)/t15-,16-,17+;;;/m1.../s1. The summed E-state index contributed by atoms with van der Waals surface area (Å²) in [5.41, 5.74) is 1.22. The van der Waals surface area contributed by atoms with Gasteiger partial charge in [-0.05, 0) is 37.6 Å². The molecule has 45 heavy (non-hydrogen) atoms. The van der Waals surface area contributed by atoms with Crippen LogP contribution in [0.25, 0.3) is 0 Å². The SMILES string of the molecule is CN(Cc1cccnc1)[C@@H]1CN(c2ncccn2)[C@@H]2CCCO[C@H]12.O=C(O)C(F)(F)F.O=C(O)C(F)(F)F.O=C(O)C(F)(F)F. The quantitative estimate of drug-likeness (QED) is 0.406. The van der Waals surface area contributed by atoms with Gasteiger partial charge in [0.15, 0.2) is 0 Å². The fourth-order valence-corrected chi connectivity index (χ4v) is 3.89. The smallest absolute Gasteiger partial charge is 0.475 e. The molecular weight excluding hydrogens is 641 g/mol. The van der Waals surface area contributed by atoms with Crippen LogP contribution in [-0.4, -0.2) is 110 Å². The predicted octanol–water partition coefficient (Wildman–Crippen LogP) is 3.64. The number of anilines is 1. The second-order valence-corrected chi connectivity index (χ2v) is 9.00. The summed E-state index contributed by atoms with van der Waals surface area (Å²) in [7, 11) is 2.17. The van der Waals surface area contributed by atoms with Gasteiger partial charge in [0.2, 0.25) is 5.95 Å². The van der Waals surface area contributed by atoms with Crippen molar-refractivity contribution in [2.45, 2.75) is 56.1 Å². The predicted molar refractivity (Wildman–Crippen MR) is 133 cm³/mol. The maximum Gasteiger partial charge on any atom is 0.490 e. The third-order valence-corrected chi connectivity index (χ3v) is 5.75. The summed E-state index contributed by atoms with van der Waals surface area (Å²) >= 11 is 0. The fraction of sp³-hybridized carbons (Fsp3) is 0.500. The Hall–Kier alpha value is -4.27. The second kappa shape index (κ2) is 16.7. The highest BCUT2D eigenvalue weighted by atomic mass is 19.4. The summed E-state index contributed by atoms with van der Waals surface area (Å²) in [4.78, 5) is 44.5. The van der Waals surface area contributed by atoms with Gasteiger partial charge in [-0.1, -0.05) is 6.07 Å². The first-order valence-corrected chi connectivity index (χ1v) is 12.3. The molecule has 0 aromatic carbocycles. The van der Waals surface area contributed by atoms with E-state index in [1.165, 1.54) is 5.56 Å². The Bertz CT molecular complexity index is 1160. The van der Waals surface area contributed by atoms with Crippen molar-refractivity contribution in [1.82, 2.24) is 19.9 Å². The minimum Gasteiger partial charge on any atom is -0.475 e. The number of hydrogen-bond acceptors (Lipinski definition) is 9. The zero-order chi connectivity index (χ0) is 34.6. The lowest BCUT2D eigenvalue weighted by Gasteiger charge is -2.34. The lowest BCUT2D eigenvalue weighted by Crippen LogP contribution is -2.46. The van der Waals surface area contributed by atoms with Gasteiger partial charge < -0.3 is 25.0 Å². The lowest BCUT2D eigenvalue weighted by atomic mass is 10.00. The number of likely N-dealkylation sites (N-methyl/N-ethyl adjacent to an activating group) is 1. The van der Waals surface area contributed by atoms with E-state index in [0.717, 1.165) is 38.5 Å². The first-order chi connectivity index (χ1) is 20.7. The zero-order valence-electron chi connectivity index (χ0n) is 22.9. The molecule has 0 unspecified atom stereocenters. The van der Waals surface area contributed by atoms with Crippen LogP contribution in [0.5, 0.6) is 0 Å². The number of pyridine rings is 1. The lowest BCUT2D eigenvalue weighted by molar-refractivity contribution is -0.193. The van der Waals surface area contributed by atoms with Crippen LogP contribution in [0.15, 0.2) is 43.0 Å². The van der Waals surface area contributed by atoms with Crippen molar-refractivity contribution in [3.8, 4) is 0 Å². The first kappa shape index (κ1) is 38.8. The molecule has 2 fully saturated rings. The van der Waals surface area contributed by atoms with Gasteiger partial charge in [0.25, 0.3) is 0 Å². The summed E-state index contributed by atoms with van der Waals surface area (Å²) in [5, 5.41) is 21.4. The number of ether oxygens (including phenoxy) is 1. The van der Waals surface area contributed by atoms with E-state index in [-0.39, 0.29) is 6.10 Å². The number of nitrogens with zero attached hydrogens (tertiary/aromatic N) is 5. The molecule has 12 nitrogen and oxygen atoms in total. The molecular formula is C24H26F9N5O7. The molecule has 3 atom stereocenters. The van der Waals surface area contributed by atoms with E-state index in [1.807, 2.05) is 36.9 Å². The minimum absolute atomic E-state index is 0.212. The van der Waals surface area contributed by atoms with Crippen LogP contribution in [0.1, 0.15) is 18.4 Å². The summed E-state index contributed by atoms with van der Waals surface area (Å²) in [6, 6.07) is 6.67. The van der Waals surface area contributed by atoms with Crippen molar-refractivity contribution in [3.05, 3.63) is 48.5 Å². The van der Waals surface area contributed by atoms with Crippen LogP contribution >= 0.6 is 0 Å².